The van der Waals surface area contributed by atoms with Gasteiger partial charge in [-0.3, -0.25) is 4.79 Å². The lowest BCUT2D eigenvalue weighted by Gasteiger charge is -2.12. The standard InChI is InChI=1S/C13H17ClN2O/c1-9-4-2-6-11(12(9)14)13(17)16-8-10-5-3-7-15-10/h2,4,6,10,15H,3,5,7-8H2,1H3,(H,16,17). The Bertz CT molecular complexity index is 414. The van der Waals surface area contributed by atoms with Crippen LogP contribution < -0.4 is 10.6 Å². The van der Waals surface area contributed by atoms with Crippen LogP contribution in [-0.4, -0.2) is 25.0 Å². The van der Waals surface area contributed by atoms with Gasteiger partial charge in [-0.05, 0) is 37.9 Å². The first kappa shape index (κ1) is 12.4. The highest BCUT2D eigenvalue weighted by molar-refractivity contribution is 6.34. The molecule has 2 rings (SSSR count). The van der Waals surface area contributed by atoms with Gasteiger partial charge in [-0.15, -0.1) is 0 Å². The zero-order valence-electron chi connectivity index (χ0n) is 9.92. The molecule has 4 heteroatoms. The Hall–Kier alpha value is -1.06. The molecule has 0 aromatic heterocycles. The molecule has 92 valence electrons. The Kier molecular flexibility index (Phi) is 4.02. The molecule has 1 amide bonds. The minimum absolute atomic E-state index is 0.0904. The average molecular weight is 253 g/mol. The van der Waals surface area contributed by atoms with E-state index < -0.39 is 0 Å². The zero-order valence-corrected chi connectivity index (χ0v) is 10.7. The summed E-state index contributed by atoms with van der Waals surface area (Å²) in [5.41, 5.74) is 1.49. The van der Waals surface area contributed by atoms with E-state index in [1.165, 1.54) is 6.42 Å². The first-order chi connectivity index (χ1) is 8.18. The van der Waals surface area contributed by atoms with E-state index in [0.717, 1.165) is 18.5 Å². The van der Waals surface area contributed by atoms with Gasteiger partial charge in [0.05, 0.1) is 10.6 Å². The molecule has 3 nitrogen and oxygen atoms in total. The molecule has 17 heavy (non-hydrogen) atoms. The quantitative estimate of drug-likeness (QED) is 0.865. The SMILES string of the molecule is Cc1cccc(C(=O)NCC2CCCN2)c1Cl. The van der Waals surface area contributed by atoms with Crippen LogP contribution in [0.2, 0.25) is 5.02 Å². The summed E-state index contributed by atoms with van der Waals surface area (Å²) in [4.78, 5) is 12.0. The molecule has 0 aliphatic carbocycles. The number of aryl methyl sites for hydroxylation is 1. The van der Waals surface area contributed by atoms with Gasteiger partial charge in [-0.2, -0.15) is 0 Å². The van der Waals surface area contributed by atoms with Crippen molar-refractivity contribution >= 4 is 17.5 Å². The zero-order chi connectivity index (χ0) is 12.3. The number of benzene rings is 1. The molecule has 2 N–H and O–H groups in total. The van der Waals surface area contributed by atoms with Crippen LogP contribution in [0.3, 0.4) is 0 Å². The lowest BCUT2D eigenvalue weighted by Crippen LogP contribution is -2.37. The van der Waals surface area contributed by atoms with Gasteiger partial charge in [0.25, 0.3) is 5.91 Å². The summed E-state index contributed by atoms with van der Waals surface area (Å²) in [7, 11) is 0. The topological polar surface area (TPSA) is 41.1 Å². The number of rotatable bonds is 3. The molecular weight excluding hydrogens is 236 g/mol. The van der Waals surface area contributed by atoms with E-state index in [0.29, 0.717) is 23.2 Å². The predicted molar refractivity (Wildman–Crippen MR) is 69.5 cm³/mol. The summed E-state index contributed by atoms with van der Waals surface area (Å²) in [5.74, 6) is -0.0904. The molecule has 1 heterocycles. The van der Waals surface area contributed by atoms with Gasteiger partial charge in [-0.25, -0.2) is 0 Å². The maximum absolute atomic E-state index is 12.0. The van der Waals surface area contributed by atoms with Gasteiger partial charge in [0, 0.05) is 12.6 Å². The first-order valence-electron chi connectivity index (χ1n) is 5.95. The Morgan fingerprint density at radius 3 is 3.12 bits per heavy atom. The summed E-state index contributed by atoms with van der Waals surface area (Å²) in [6.07, 6.45) is 2.31. The Labute approximate surface area is 107 Å². The number of amides is 1. The van der Waals surface area contributed by atoms with Crippen LogP contribution in [0.4, 0.5) is 0 Å². The number of hydrogen-bond acceptors (Lipinski definition) is 2. The smallest absolute Gasteiger partial charge is 0.252 e. The van der Waals surface area contributed by atoms with Gasteiger partial charge in [0.15, 0.2) is 0 Å². The van der Waals surface area contributed by atoms with Crippen LogP contribution in [-0.2, 0) is 0 Å². The van der Waals surface area contributed by atoms with Gasteiger partial charge in [0.2, 0.25) is 0 Å². The van der Waals surface area contributed by atoms with Crippen molar-refractivity contribution in [3.05, 3.63) is 34.3 Å². The van der Waals surface area contributed by atoms with E-state index in [9.17, 15) is 4.79 Å². The molecule has 1 aromatic rings. The minimum atomic E-state index is -0.0904. The highest BCUT2D eigenvalue weighted by atomic mass is 35.5. The molecule has 1 atom stereocenters. The van der Waals surface area contributed by atoms with E-state index in [-0.39, 0.29) is 5.91 Å². The third-order valence-corrected chi connectivity index (χ3v) is 3.61. The Morgan fingerprint density at radius 1 is 1.59 bits per heavy atom. The van der Waals surface area contributed by atoms with E-state index in [2.05, 4.69) is 10.6 Å². The average Bonchev–Trinajstić information content (AvgIpc) is 2.82. The van der Waals surface area contributed by atoms with E-state index >= 15 is 0 Å². The predicted octanol–water partition coefficient (Wildman–Crippen LogP) is 2.13. The molecule has 1 fully saturated rings. The second-order valence-electron chi connectivity index (χ2n) is 4.44. The van der Waals surface area contributed by atoms with E-state index in [1.807, 2.05) is 19.1 Å². The van der Waals surface area contributed by atoms with Gasteiger partial charge < -0.3 is 10.6 Å². The number of hydrogen-bond donors (Lipinski definition) is 2. The van der Waals surface area contributed by atoms with Crippen LogP contribution in [0.25, 0.3) is 0 Å². The first-order valence-corrected chi connectivity index (χ1v) is 6.33. The fraction of sp³-hybridized carbons (Fsp3) is 0.462. The third-order valence-electron chi connectivity index (χ3n) is 3.11. The third kappa shape index (κ3) is 2.99. The van der Waals surface area contributed by atoms with Crippen molar-refractivity contribution in [1.82, 2.24) is 10.6 Å². The van der Waals surface area contributed by atoms with Gasteiger partial charge in [0.1, 0.15) is 0 Å². The number of carbonyl (C=O) groups excluding carboxylic acids is 1. The Balaban J connectivity index is 1.97. The summed E-state index contributed by atoms with van der Waals surface area (Å²) < 4.78 is 0. The highest BCUT2D eigenvalue weighted by Crippen LogP contribution is 2.20. The number of halogens is 1. The summed E-state index contributed by atoms with van der Waals surface area (Å²) in [6, 6.07) is 5.91. The fourth-order valence-electron chi connectivity index (χ4n) is 2.06. The van der Waals surface area contributed by atoms with E-state index in [1.54, 1.807) is 6.07 Å². The normalized spacial score (nSPS) is 19.3. The van der Waals surface area contributed by atoms with Crippen molar-refractivity contribution in [2.45, 2.75) is 25.8 Å². The van der Waals surface area contributed by atoms with Crippen LogP contribution in [0, 0.1) is 6.92 Å². The molecule has 0 saturated carbocycles. The summed E-state index contributed by atoms with van der Waals surface area (Å²) >= 11 is 6.11. The van der Waals surface area contributed by atoms with Crippen molar-refractivity contribution < 1.29 is 4.79 Å². The summed E-state index contributed by atoms with van der Waals surface area (Å²) in [6.45, 7) is 3.62. The molecular formula is C13H17ClN2O. The largest absolute Gasteiger partial charge is 0.350 e. The van der Waals surface area contributed by atoms with Crippen molar-refractivity contribution in [3.63, 3.8) is 0 Å². The maximum Gasteiger partial charge on any atom is 0.252 e. The van der Waals surface area contributed by atoms with Gasteiger partial charge in [-0.1, -0.05) is 23.7 Å². The van der Waals surface area contributed by atoms with Crippen LogP contribution in [0.5, 0.6) is 0 Å². The van der Waals surface area contributed by atoms with Crippen LogP contribution in [0.15, 0.2) is 18.2 Å². The number of nitrogens with one attached hydrogen (secondary N) is 2. The van der Waals surface area contributed by atoms with Gasteiger partial charge >= 0.3 is 0 Å². The molecule has 1 aliphatic heterocycles. The molecule has 1 aliphatic rings. The van der Waals surface area contributed by atoms with E-state index in [4.69, 9.17) is 11.6 Å². The Morgan fingerprint density at radius 2 is 2.41 bits per heavy atom. The molecule has 0 spiro atoms. The monoisotopic (exact) mass is 252 g/mol. The minimum Gasteiger partial charge on any atom is -0.350 e. The second-order valence-corrected chi connectivity index (χ2v) is 4.82. The maximum atomic E-state index is 12.0. The highest BCUT2D eigenvalue weighted by Gasteiger charge is 2.16. The van der Waals surface area contributed by atoms with Crippen LogP contribution in [0.1, 0.15) is 28.8 Å². The lowest BCUT2D eigenvalue weighted by atomic mass is 10.1. The molecule has 1 unspecified atom stereocenters. The lowest BCUT2D eigenvalue weighted by molar-refractivity contribution is 0.0950. The fourth-order valence-corrected chi connectivity index (χ4v) is 2.28. The van der Waals surface area contributed by atoms with Crippen molar-refractivity contribution in [2.75, 3.05) is 13.1 Å². The molecule has 1 saturated heterocycles. The molecule has 0 radical (unpaired) electrons. The summed E-state index contributed by atoms with van der Waals surface area (Å²) in [5, 5.41) is 6.81. The van der Waals surface area contributed by atoms with Crippen molar-refractivity contribution in [3.8, 4) is 0 Å². The molecule has 0 bridgehead atoms. The van der Waals surface area contributed by atoms with Crippen molar-refractivity contribution in [2.24, 2.45) is 0 Å². The van der Waals surface area contributed by atoms with Crippen LogP contribution >= 0.6 is 11.6 Å². The molecule has 1 aromatic carbocycles. The number of carbonyl (C=O) groups is 1. The second kappa shape index (κ2) is 5.52. The van der Waals surface area contributed by atoms with Crippen molar-refractivity contribution in [1.29, 1.82) is 0 Å².